The molecule has 3 heteroatoms. The van der Waals surface area contributed by atoms with Crippen LogP contribution in [0.3, 0.4) is 0 Å². The van der Waals surface area contributed by atoms with Crippen molar-refractivity contribution in [2.75, 3.05) is 0 Å². The number of hydrogen-bond acceptors (Lipinski definition) is 0. The first kappa shape index (κ1) is 26.4. The van der Waals surface area contributed by atoms with Crippen LogP contribution in [0.2, 0.25) is 0 Å². The van der Waals surface area contributed by atoms with Crippen LogP contribution < -0.4 is 10.4 Å². The van der Waals surface area contributed by atoms with Gasteiger partial charge in [0, 0.05) is 17.4 Å². The number of rotatable bonds is 6. The summed E-state index contributed by atoms with van der Waals surface area (Å²) in [7, 11) is 7.33. The molecule has 0 nitrogen and oxygen atoms in total. The minimum atomic E-state index is 0. The average molecular weight is 431 g/mol. The third-order valence-electron chi connectivity index (χ3n) is 5.23. The van der Waals surface area contributed by atoms with Crippen molar-refractivity contribution in [2.24, 2.45) is 0 Å². The van der Waals surface area contributed by atoms with Gasteiger partial charge in [0.15, 0.2) is 0 Å². The van der Waals surface area contributed by atoms with Crippen molar-refractivity contribution >= 4 is 30.9 Å². The Labute approximate surface area is 185 Å². The Morgan fingerprint density at radius 3 is 1.00 bits per heavy atom. The fraction of sp³-hybridized carbons (Fsp3) is 0.500. The number of aryl methyl sites for hydroxylation is 2. The van der Waals surface area contributed by atoms with Gasteiger partial charge >= 0.3 is 0 Å². The maximum absolute atomic E-state index is 3.66. The van der Waals surface area contributed by atoms with Crippen molar-refractivity contribution in [3.8, 4) is 0 Å². The molecule has 2 aromatic carbocycles. The Hall–Kier alpha value is -0.594. The molecule has 0 bridgehead atoms. The van der Waals surface area contributed by atoms with Crippen molar-refractivity contribution in [2.45, 2.75) is 80.1 Å². The van der Waals surface area contributed by atoms with Crippen LogP contribution in [-0.4, -0.2) is 20.5 Å². The third-order valence-corrected chi connectivity index (χ3v) is 6.17. The molecule has 27 heavy (non-hydrogen) atoms. The van der Waals surface area contributed by atoms with Crippen LogP contribution in [-0.2, 0) is 55.9 Å². The molecule has 0 aromatic heterocycles. The Bertz CT molecular complexity index is 647. The van der Waals surface area contributed by atoms with Gasteiger partial charge in [-0.05, 0) is 71.9 Å². The summed E-state index contributed by atoms with van der Waals surface area (Å²) in [6.07, 6.45) is 6.81. The van der Waals surface area contributed by atoms with Crippen LogP contribution in [0.15, 0.2) is 24.3 Å². The minimum absolute atomic E-state index is 0. The van der Waals surface area contributed by atoms with Crippen LogP contribution in [0.1, 0.15) is 74.9 Å². The van der Waals surface area contributed by atoms with E-state index in [-0.39, 0.29) is 17.4 Å². The van der Waals surface area contributed by atoms with Crippen molar-refractivity contribution in [1.82, 2.24) is 0 Å². The fourth-order valence-corrected chi connectivity index (χ4v) is 4.66. The van der Waals surface area contributed by atoms with Gasteiger partial charge in [0.05, 0.1) is 20.5 Å². The predicted octanol–water partition coefficient (Wildman–Crippen LogP) is 4.33. The van der Waals surface area contributed by atoms with Gasteiger partial charge < -0.3 is 0 Å². The van der Waals surface area contributed by atoms with Crippen LogP contribution in [0, 0.1) is 0 Å². The topological polar surface area (TPSA) is 0 Å². The molecular weight excluding hydrogens is 396 g/mol. The molecule has 0 spiro atoms. The zero-order valence-electron chi connectivity index (χ0n) is 18.0. The van der Waals surface area contributed by atoms with Crippen LogP contribution in [0.5, 0.6) is 0 Å². The fourth-order valence-electron chi connectivity index (χ4n) is 3.83. The Balaban J connectivity index is 0.000000483. The third kappa shape index (κ3) is 6.75. The molecule has 0 heterocycles. The summed E-state index contributed by atoms with van der Waals surface area (Å²) in [6, 6.07) is 8.82. The molecule has 0 saturated carbocycles. The van der Waals surface area contributed by atoms with Crippen molar-refractivity contribution in [1.29, 1.82) is 0 Å². The Morgan fingerprint density at radius 1 is 0.481 bits per heavy atom. The summed E-state index contributed by atoms with van der Waals surface area (Å²) < 4.78 is 0. The van der Waals surface area contributed by atoms with Gasteiger partial charge in [-0.3, -0.25) is 0 Å². The molecule has 2 rings (SSSR count). The summed E-state index contributed by atoms with van der Waals surface area (Å²) in [4.78, 5) is 0. The molecule has 2 aromatic rings. The normalized spacial score (nSPS) is 10.1. The molecule has 0 fully saturated rings. The summed E-state index contributed by atoms with van der Waals surface area (Å²) >= 11 is 0. The van der Waals surface area contributed by atoms with E-state index in [1.54, 1.807) is 0 Å². The second-order valence-electron chi connectivity index (χ2n) is 6.58. The molecular formula is C24H34CrSi2. The average Bonchev–Trinajstić information content (AvgIpc) is 2.67. The van der Waals surface area contributed by atoms with E-state index in [1.165, 1.54) is 43.8 Å². The molecule has 0 saturated heterocycles. The van der Waals surface area contributed by atoms with E-state index in [1.807, 2.05) is 0 Å². The van der Waals surface area contributed by atoms with Gasteiger partial charge in [0.2, 0.25) is 0 Å². The summed E-state index contributed by atoms with van der Waals surface area (Å²) in [5.74, 6) is 0. The van der Waals surface area contributed by atoms with E-state index in [2.05, 4.69) is 86.3 Å². The first-order valence-corrected chi connectivity index (χ1v) is 11.2. The van der Waals surface area contributed by atoms with Crippen LogP contribution in [0.25, 0.3) is 0 Å². The van der Waals surface area contributed by atoms with Gasteiger partial charge in [-0.25, -0.2) is 0 Å². The van der Waals surface area contributed by atoms with Crippen molar-refractivity contribution in [3.63, 3.8) is 0 Å². The molecule has 0 unspecified atom stereocenters. The monoisotopic (exact) mass is 430 g/mol. The van der Waals surface area contributed by atoms with Crippen molar-refractivity contribution in [3.05, 3.63) is 57.6 Å². The summed E-state index contributed by atoms with van der Waals surface area (Å²) in [5, 5.41) is 2.52. The Kier molecular flexibility index (Phi) is 13.3. The van der Waals surface area contributed by atoms with E-state index < -0.39 is 0 Å². The standard InChI is InChI=1S/2C12H17Si.Cr/c2*1-4-9-7-8-12(13)11(6-3)10(9)5-2;/h2*7-8H,4-6H2,1-3H3;. The van der Waals surface area contributed by atoms with E-state index in [4.69, 9.17) is 0 Å². The predicted molar refractivity (Wildman–Crippen MR) is 120 cm³/mol. The zero-order chi connectivity index (χ0) is 19.7. The van der Waals surface area contributed by atoms with Gasteiger partial charge in [0.25, 0.3) is 0 Å². The van der Waals surface area contributed by atoms with E-state index in [0.717, 1.165) is 38.5 Å². The van der Waals surface area contributed by atoms with Gasteiger partial charge in [-0.2, -0.15) is 0 Å². The van der Waals surface area contributed by atoms with E-state index in [9.17, 15) is 0 Å². The molecule has 0 atom stereocenters. The maximum Gasteiger partial charge on any atom is 0.0715 e. The molecule has 0 aliphatic carbocycles. The smallest absolute Gasteiger partial charge is 0.0639 e. The van der Waals surface area contributed by atoms with Crippen molar-refractivity contribution < 1.29 is 17.4 Å². The molecule has 0 aliphatic rings. The largest absolute Gasteiger partial charge is 0.0715 e. The summed E-state index contributed by atoms with van der Waals surface area (Å²) in [5.41, 5.74) is 9.05. The van der Waals surface area contributed by atoms with E-state index >= 15 is 0 Å². The van der Waals surface area contributed by atoms with Gasteiger partial charge in [-0.1, -0.05) is 76.2 Å². The van der Waals surface area contributed by atoms with Gasteiger partial charge in [-0.15, -0.1) is 0 Å². The molecule has 6 radical (unpaired) electrons. The molecule has 144 valence electrons. The SMILES string of the molecule is CCc1ccc([Si])c(CC)c1CC.CCc1ccc([Si])c(CC)c1CC.[Cr]. The second-order valence-corrected chi connectivity index (χ2v) is 7.66. The van der Waals surface area contributed by atoms with E-state index in [0.29, 0.717) is 0 Å². The zero-order valence-corrected chi connectivity index (χ0v) is 21.2. The first-order valence-electron chi connectivity index (χ1n) is 10.2. The van der Waals surface area contributed by atoms with Crippen LogP contribution in [0.4, 0.5) is 0 Å². The number of hydrogen-bond donors (Lipinski definition) is 0. The maximum atomic E-state index is 3.66. The first-order chi connectivity index (χ1) is 12.5. The molecule has 0 amide bonds. The second kappa shape index (κ2) is 13.6. The van der Waals surface area contributed by atoms with Crippen LogP contribution >= 0.6 is 0 Å². The molecule has 0 aliphatic heterocycles. The summed E-state index contributed by atoms with van der Waals surface area (Å²) in [6.45, 7) is 13.4. The minimum Gasteiger partial charge on any atom is -0.0639 e. The van der Waals surface area contributed by atoms with Gasteiger partial charge in [0.1, 0.15) is 0 Å². The quantitative estimate of drug-likeness (QED) is 0.598. The Morgan fingerprint density at radius 2 is 0.778 bits per heavy atom. The molecule has 0 N–H and O–H groups in total. The number of benzene rings is 2.